The monoisotopic (exact) mass is 397 g/mol. The van der Waals surface area contributed by atoms with Gasteiger partial charge in [-0.1, -0.05) is 45.9 Å². The summed E-state index contributed by atoms with van der Waals surface area (Å²) in [7, 11) is 1.46. The van der Waals surface area contributed by atoms with Crippen LogP contribution >= 0.6 is 0 Å². The van der Waals surface area contributed by atoms with Crippen LogP contribution in [0.3, 0.4) is 0 Å². The number of rotatable bonds is 5. The van der Waals surface area contributed by atoms with Crippen molar-refractivity contribution >= 4 is 34.8 Å². The van der Waals surface area contributed by atoms with E-state index in [0.29, 0.717) is 22.8 Å². The fourth-order valence-corrected chi connectivity index (χ4v) is 2.50. The minimum atomic E-state index is -0.801. The molecule has 0 aromatic heterocycles. The second kappa shape index (κ2) is 9.23. The third kappa shape index (κ3) is 5.81. The van der Waals surface area contributed by atoms with Crippen LogP contribution in [0, 0.1) is 5.41 Å². The molecule has 3 amide bonds. The Kier molecular flexibility index (Phi) is 6.98. The van der Waals surface area contributed by atoms with E-state index in [1.807, 2.05) is 19.1 Å². The number of hydrogen-bond acceptors (Lipinski definition) is 4. The minimum absolute atomic E-state index is 0.165. The van der Waals surface area contributed by atoms with Crippen molar-refractivity contribution in [2.75, 3.05) is 23.1 Å². The van der Waals surface area contributed by atoms with E-state index in [4.69, 9.17) is 4.74 Å². The molecule has 2 rings (SSSR count). The fraction of sp³-hybridized carbons (Fsp3) is 0.318. The second-order valence-corrected chi connectivity index (χ2v) is 7.54. The normalized spacial score (nSPS) is 10.8. The molecule has 3 N–H and O–H groups in total. The van der Waals surface area contributed by atoms with Gasteiger partial charge in [0.25, 0.3) is 0 Å². The highest BCUT2D eigenvalue weighted by Gasteiger charge is 2.23. The predicted octanol–water partition coefficient (Wildman–Crippen LogP) is 3.82. The summed E-state index contributed by atoms with van der Waals surface area (Å²) in [5, 5.41) is 7.96. The maximum atomic E-state index is 12.3. The van der Waals surface area contributed by atoms with Crippen LogP contribution in [0.25, 0.3) is 0 Å². The molecular formula is C22H27N3O4. The van der Waals surface area contributed by atoms with Gasteiger partial charge in [-0.25, -0.2) is 0 Å². The van der Waals surface area contributed by atoms with Crippen LogP contribution in [0.2, 0.25) is 0 Å². The van der Waals surface area contributed by atoms with Crippen LogP contribution in [0.15, 0.2) is 42.5 Å². The smallest absolute Gasteiger partial charge is 0.314 e. The molecule has 0 unspecified atom stereocenters. The van der Waals surface area contributed by atoms with Gasteiger partial charge in [0.2, 0.25) is 5.91 Å². The van der Waals surface area contributed by atoms with Crippen molar-refractivity contribution < 1.29 is 19.1 Å². The van der Waals surface area contributed by atoms with Gasteiger partial charge >= 0.3 is 11.8 Å². The maximum Gasteiger partial charge on any atom is 0.314 e. The topological polar surface area (TPSA) is 96.5 Å². The van der Waals surface area contributed by atoms with Gasteiger partial charge in [0.15, 0.2) is 0 Å². The molecule has 7 heteroatoms. The number of amides is 3. The maximum absolute atomic E-state index is 12.3. The third-order valence-electron chi connectivity index (χ3n) is 4.24. The number of methoxy groups -OCH3 is 1. The molecule has 29 heavy (non-hydrogen) atoms. The van der Waals surface area contributed by atoms with Crippen molar-refractivity contribution in [2.45, 2.75) is 34.1 Å². The molecule has 0 atom stereocenters. The molecular weight excluding hydrogens is 370 g/mol. The summed E-state index contributed by atoms with van der Waals surface area (Å²) in [6.07, 6.45) is 0.733. The Balaban J connectivity index is 2.10. The molecule has 2 aromatic carbocycles. The van der Waals surface area contributed by atoms with Gasteiger partial charge < -0.3 is 20.7 Å². The summed E-state index contributed by atoms with van der Waals surface area (Å²) >= 11 is 0. The largest absolute Gasteiger partial charge is 0.494 e. The molecule has 154 valence electrons. The first-order chi connectivity index (χ1) is 13.7. The number of hydrogen-bond donors (Lipinski definition) is 3. The molecule has 0 aliphatic rings. The number of carbonyl (C=O) groups is 3. The summed E-state index contributed by atoms with van der Waals surface area (Å²) in [6, 6.07) is 12.1. The van der Waals surface area contributed by atoms with Crippen LogP contribution in [0.1, 0.15) is 33.3 Å². The zero-order valence-corrected chi connectivity index (χ0v) is 17.4. The van der Waals surface area contributed by atoms with Crippen molar-refractivity contribution in [2.24, 2.45) is 5.41 Å². The number of carbonyl (C=O) groups excluding carboxylic acids is 3. The summed E-state index contributed by atoms with van der Waals surface area (Å²) in [5.41, 5.74) is 1.83. The Hall–Kier alpha value is -3.35. The zero-order valence-electron chi connectivity index (χ0n) is 17.4. The third-order valence-corrected chi connectivity index (χ3v) is 4.24. The number of aryl methyl sites for hydroxylation is 1. The number of ether oxygens (including phenoxy) is 1. The summed E-state index contributed by atoms with van der Waals surface area (Å²) in [5.74, 6) is -1.36. The van der Waals surface area contributed by atoms with Crippen molar-refractivity contribution in [1.29, 1.82) is 0 Å². The predicted molar refractivity (Wildman–Crippen MR) is 114 cm³/mol. The average molecular weight is 397 g/mol. The van der Waals surface area contributed by atoms with Crippen LogP contribution in [0.5, 0.6) is 5.75 Å². The number of para-hydroxylation sites is 1. The van der Waals surface area contributed by atoms with E-state index in [0.717, 1.165) is 12.0 Å². The van der Waals surface area contributed by atoms with Gasteiger partial charge in [-0.15, -0.1) is 0 Å². The highest BCUT2D eigenvalue weighted by Crippen LogP contribution is 2.29. The molecule has 2 aromatic rings. The van der Waals surface area contributed by atoms with Crippen LogP contribution in [-0.2, 0) is 20.8 Å². The second-order valence-electron chi connectivity index (χ2n) is 7.54. The molecule has 0 aliphatic carbocycles. The van der Waals surface area contributed by atoms with Crippen molar-refractivity contribution in [3.63, 3.8) is 0 Å². The van der Waals surface area contributed by atoms with Gasteiger partial charge in [-0.05, 0) is 30.2 Å². The molecule has 0 saturated carbocycles. The van der Waals surface area contributed by atoms with Crippen molar-refractivity contribution in [1.82, 2.24) is 0 Å². The Labute approximate surface area is 170 Å². The van der Waals surface area contributed by atoms with Crippen LogP contribution < -0.4 is 20.7 Å². The Morgan fingerprint density at radius 2 is 1.55 bits per heavy atom. The molecule has 0 bridgehead atoms. The van der Waals surface area contributed by atoms with Crippen molar-refractivity contribution in [3.05, 3.63) is 48.0 Å². The first-order valence-corrected chi connectivity index (χ1v) is 9.35. The summed E-state index contributed by atoms with van der Waals surface area (Å²) in [6.45, 7) is 7.38. The van der Waals surface area contributed by atoms with Crippen LogP contribution in [-0.4, -0.2) is 24.8 Å². The molecule has 0 spiro atoms. The van der Waals surface area contributed by atoms with Gasteiger partial charge in [0, 0.05) is 22.9 Å². The van der Waals surface area contributed by atoms with E-state index in [1.165, 1.54) is 7.11 Å². The van der Waals surface area contributed by atoms with E-state index in [9.17, 15) is 14.4 Å². The summed E-state index contributed by atoms with van der Waals surface area (Å²) < 4.78 is 5.30. The minimum Gasteiger partial charge on any atom is -0.494 e. The number of benzene rings is 2. The number of anilines is 3. The van der Waals surface area contributed by atoms with Gasteiger partial charge in [-0.3, -0.25) is 14.4 Å². The lowest BCUT2D eigenvalue weighted by Gasteiger charge is -2.19. The SMILES string of the molecule is CCc1ccccc1NC(=O)C(=O)Nc1ccc(NC(=O)C(C)(C)C)c(OC)c1. The van der Waals surface area contributed by atoms with E-state index in [1.54, 1.807) is 51.1 Å². The molecule has 0 saturated heterocycles. The average Bonchev–Trinajstić information content (AvgIpc) is 2.68. The van der Waals surface area contributed by atoms with E-state index < -0.39 is 17.2 Å². The Morgan fingerprint density at radius 1 is 0.897 bits per heavy atom. The lowest BCUT2D eigenvalue weighted by atomic mass is 9.95. The van der Waals surface area contributed by atoms with Crippen molar-refractivity contribution in [3.8, 4) is 5.75 Å². The highest BCUT2D eigenvalue weighted by atomic mass is 16.5. The quantitative estimate of drug-likeness (QED) is 0.668. The van der Waals surface area contributed by atoms with E-state index in [-0.39, 0.29) is 5.91 Å². The molecule has 7 nitrogen and oxygen atoms in total. The summed E-state index contributed by atoms with van der Waals surface area (Å²) in [4.78, 5) is 36.7. The van der Waals surface area contributed by atoms with Gasteiger partial charge in [0.05, 0.1) is 12.8 Å². The standard InChI is InChI=1S/C22H27N3O4/c1-6-14-9-7-8-10-16(14)24-20(27)19(26)23-15-11-12-17(18(13-15)29-5)25-21(28)22(2,3)4/h7-13H,6H2,1-5H3,(H,23,26)(H,24,27)(H,25,28). The first kappa shape index (κ1) is 21.9. The number of nitrogens with one attached hydrogen (secondary N) is 3. The Morgan fingerprint density at radius 3 is 2.17 bits per heavy atom. The molecule has 0 radical (unpaired) electrons. The molecule has 0 heterocycles. The van der Waals surface area contributed by atoms with Gasteiger partial charge in [-0.2, -0.15) is 0 Å². The lowest BCUT2D eigenvalue weighted by Crippen LogP contribution is -2.29. The molecule has 0 fully saturated rings. The van der Waals surface area contributed by atoms with Gasteiger partial charge in [0.1, 0.15) is 5.75 Å². The first-order valence-electron chi connectivity index (χ1n) is 9.35. The zero-order chi connectivity index (χ0) is 21.6. The highest BCUT2D eigenvalue weighted by molar-refractivity contribution is 6.43. The molecule has 0 aliphatic heterocycles. The van der Waals surface area contributed by atoms with Crippen LogP contribution in [0.4, 0.5) is 17.1 Å². The van der Waals surface area contributed by atoms with E-state index in [2.05, 4.69) is 16.0 Å². The Bertz CT molecular complexity index is 917. The fourth-order valence-electron chi connectivity index (χ4n) is 2.50. The van der Waals surface area contributed by atoms with E-state index >= 15 is 0 Å². The lowest BCUT2D eigenvalue weighted by molar-refractivity contribution is -0.133.